The highest BCUT2D eigenvalue weighted by molar-refractivity contribution is 14.1. The van der Waals surface area contributed by atoms with Crippen LogP contribution in [0.1, 0.15) is 13.8 Å². The maximum Gasteiger partial charge on any atom is 0.327 e. The van der Waals surface area contributed by atoms with Gasteiger partial charge in [0.15, 0.2) is 4.23 Å². The molecule has 1 saturated heterocycles. The molecule has 0 saturated carbocycles. The lowest BCUT2D eigenvalue weighted by Gasteiger charge is -2.28. The number of carbonyl (C=O) groups is 2. The molecule has 5 nitrogen and oxygen atoms in total. The van der Waals surface area contributed by atoms with Crippen molar-refractivity contribution in [3.8, 4) is 0 Å². The minimum absolute atomic E-state index is 0.386. The van der Waals surface area contributed by atoms with Crippen LogP contribution in [0.3, 0.4) is 0 Å². The molecule has 0 aromatic rings. The van der Waals surface area contributed by atoms with Gasteiger partial charge in [-0.05, 0) is 36.4 Å². The fraction of sp³-hybridized carbons (Fsp3) is 0.667. The molecule has 3 amide bonds. The lowest BCUT2D eigenvalue weighted by Crippen LogP contribution is -2.47. The molecule has 0 aromatic carbocycles. The van der Waals surface area contributed by atoms with Crippen LogP contribution in [-0.2, 0) is 4.79 Å². The number of aliphatic hydroxyl groups is 1. The van der Waals surface area contributed by atoms with Crippen molar-refractivity contribution in [2.24, 2.45) is 0 Å². The molecular formula is C6H9IN2O3. The van der Waals surface area contributed by atoms with Crippen molar-refractivity contribution >= 4 is 34.5 Å². The summed E-state index contributed by atoms with van der Waals surface area (Å²) in [5.41, 5.74) is -0.961. The molecule has 1 aliphatic heterocycles. The monoisotopic (exact) mass is 284 g/mol. The molecule has 1 unspecified atom stereocenters. The van der Waals surface area contributed by atoms with Crippen LogP contribution in [-0.4, -0.2) is 31.7 Å². The summed E-state index contributed by atoms with van der Waals surface area (Å²) >= 11 is 1.66. The number of imide groups is 1. The summed E-state index contributed by atoms with van der Waals surface area (Å²) in [5, 5.41) is 11.3. The van der Waals surface area contributed by atoms with Gasteiger partial charge in [-0.25, -0.2) is 4.79 Å². The van der Waals surface area contributed by atoms with E-state index >= 15 is 0 Å². The smallest absolute Gasteiger partial charge is 0.327 e. The van der Waals surface area contributed by atoms with Crippen LogP contribution >= 0.6 is 22.6 Å². The SMILES string of the molecule is CC1(C)C(=O)NC(=O)N1C(O)I. The molecular weight excluding hydrogens is 275 g/mol. The van der Waals surface area contributed by atoms with Crippen molar-refractivity contribution in [1.82, 2.24) is 10.2 Å². The number of aliphatic hydroxyl groups excluding tert-OH is 1. The van der Waals surface area contributed by atoms with Gasteiger partial charge in [0.1, 0.15) is 5.54 Å². The molecule has 0 radical (unpaired) electrons. The number of nitrogens with zero attached hydrogens (tertiary/aromatic N) is 1. The first-order valence-corrected chi connectivity index (χ1v) is 4.59. The Morgan fingerprint density at radius 3 is 2.25 bits per heavy atom. The predicted octanol–water partition coefficient (Wildman–Crippen LogP) is 0.0277. The van der Waals surface area contributed by atoms with Crippen LogP contribution in [0.4, 0.5) is 4.79 Å². The van der Waals surface area contributed by atoms with E-state index in [9.17, 15) is 14.7 Å². The van der Waals surface area contributed by atoms with Crippen molar-refractivity contribution in [1.29, 1.82) is 0 Å². The van der Waals surface area contributed by atoms with Gasteiger partial charge in [0, 0.05) is 0 Å². The summed E-state index contributed by atoms with van der Waals surface area (Å²) in [7, 11) is 0. The Morgan fingerprint density at radius 2 is 2.08 bits per heavy atom. The minimum Gasteiger partial charge on any atom is -0.365 e. The average molecular weight is 284 g/mol. The third-order valence-corrected chi connectivity index (χ3v) is 2.37. The van der Waals surface area contributed by atoms with Gasteiger partial charge in [0.05, 0.1) is 0 Å². The summed E-state index contributed by atoms with van der Waals surface area (Å²) in [4.78, 5) is 23.3. The van der Waals surface area contributed by atoms with Crippen molar-refractivity contribution in [3.63, 3.8) is 0 Å². The number of halogens is 1. The Balaban J connectivity index is 2.99. The first-order valence-electron chi connectivity index (χ1n) is 3.34. The molecule has 68 valence electrons. The molecule has 1 aliphatic rings. The van der Waals surface area contributed by atoms with Crippen molar-refractivity contribution in [2.75, 3.05) is 0 Å². The number of alkyl halides is 1. The third kappa shape index (κ3) is 1.28. The van der Waals surface area contributed by atoms with Gasteiger partial charge in [-0.3, -0.25) is 15.0 Å². The van der Waals surface area contributed by atoms with E-state index in [4.69, 9.17) is 0 Å². The first kappa shape index (κ1) is 9.72. The van der Waals surface area contributed by atoms with Crippen LogP contribution in [0.2, 0.25) is 0 Å². The van der Waals surface area contributed by atoms with Crippen molar-refractivity contribution in [2.45, 2.75) is 23.6 Å². The summed E-state index contributed by atoms with van der Waals surface area (Å²) < 4.78 is -0.982. The fourth-order valence-corrected chi connectivity index (χ4v) is 1.99. The minimum atomic E-state index is -0.982. The van der Waals surface area contributed by atoms with Crippen LogP contribution in [0.15, 0.2) is 0 Å². The predicted molar refractivity (Wildman–Crippen MR) is 49.5 cm³/mol. The molecule has 12 heavy (non-hydrogen) atoms. The molecule has 0 aliphatic carbocycles. The molecule has 6 heteroatoms. The molecule has 0 spiro atoms. The van der Waals surface area contributed by atoms with Crippen LogP contribution < -0.4 is 5.32 Å². The maximum absolute atomic E-state index is 11.1. The lowest BCUT2D eigenvalue weighted by atomic mass is 10.1. The van der Waals surface area contributed by atoms with Gasteiger partial charge >= 0.3 is 6.03 Å². The zero-order valence-electron chi connectivity index (χ0n) is 6.67. The Bertz CT molecular complexity index is 239. The quantitative estimate of drug-likeness (QED) is 0.309. The average Bonchev–Trinajstić information content (AvgIpc) is 2.02. The van der Waals surface area contributed by atoms with Gasteiger partial charge in [0.2, 0.25) is 0 Å². The topological polar surface area (TPSA) is 69.6 Å². The molecule has 0 aromatic heterocycles. The van der Waals surface area contributed by atoms with Gasteiger partial charge < -0.3 is 5.11 Å². The summed E-state index contributed by atoms with van der Waals surface area (Å²) in [6, 6.07) is -0.549. The number of hydrogen-bond donors (Lipinski definition) is 2. The number of amides is 3. The molecule has 2 N–H and O–H groups in total. The van der Waals surface area contributed by atoms with Crippen LogP contribution in [0, 0.1) is 0 Å². The van der Waals surface area contributed by atoms with Crippen LogP contribution in [0.25, 0.3) is 0 Å². The largest absolute Gasteiger partial charge is 0.365 e. The third-order valence-electron chi connectivity index (χ3n) is 1.81. The van der Waals surface area contributed by atoms with E-state index in [1.807, 2.05) is 0 Å². The number of nitrogens with one attached hydrogen (secondary N) is 1. The van der Waals surface area contributed by atoms with E-state index in [1.54, 1.807) is 36.4 Å². The summed E-state index contributed by atoms with van der Waals surface area (Å²) in [6.07, 6.45) is 0. The summed E-state index contributed by atoms with van der Waals surface area (Å²) in [6.45, 7) is 3.16. The van der Waals surface area contributed by atoms with Gasteiger partial charge in [-0.2, -0.15) is 0 Å². The van der Waals surface area contributed by atoms with Crippen LogP contribution in [0.5, 0.6) is 0 Å². The van der Waals surface area contributed by atoms with Gasteiger partial charge in [0.25, 0.3) is 5.91 Å². The number of rotatable bonds is 1. The Morgan fingerprint density at radius 1 is 1.58 bits per heavy atom. The second kappa shape index (κ2) is 2.84. The second-order valence-electron chi connectivity index (χ2n) is 3.00. The zero-order valence-corrected chi connectivity index (χ0v) is 8.82. The summed E-state index contributed by atoms with van der Waals surface area (Å²) in [5.74, 6) is -0.386. The van der Waals surface area contributed by atoms with Crippen molar-refractivity contribution < 1.29 is 14.7 Å². The Labute approximate surface area is 83.2 Å². The fourth-order valence-electron chi connectivity index (χ4n) is 1.04. The van der Waals surface area contributed by atoms with E-state index < -0.39 is 15.8 Å². The second-order valence-corrected chi connectivity index (χ2v) is 4.11. The van der Waals surface area contributed by atoms with E-state index in [1.165, 1.54) is 0 Å². The normalized spacial score (nSPS) is 24.2. The Hall–Kier alpha value is -0.370. The molecule has 0 bridgehead atoms. The van der Waals surface area contributed by atoms with E-state index in [-0.39, 0.29) is 5.91 Å². The molecule has 1 fully saturated rings. The number of carbonyl (C=O) groups excluding carboxylic acids is 2. The van der Waals surface area contributed by atoms with E-state index in [0.29, 0.717) is 0 Å². The maximum atomic E-state index is 11.1. The highest BCUT2D eigenvalue weighted by Gasteiger charge is 2.47. The van der Waals surface area contributed by atoms with Gasteiger partial charge in [-0.1, -0.05) is 0 Å². The van der Waals surface area contributed by atoms with Crippen molar-refractivity contribution in [3.05, 3.63) is 0 Å². The van der Waals surface area contributed by atoms with Gasteiger partial charge in [-0.15, -0.1) is 0 Å². The molecule has 1 rings (SSSR count). The Kier molecular flexibility index (Phi) is 2.30. The number of hydrogen-bond acceptors (Lipinski definition) is 3. The number of urea groups is 1. The molecule has 1 atom stereocenters. The zero-order chi connectivity index (χ0) is 9.52. The highest BCUT2D eigenvalue weighted by Crippen LogP contribution is 2.24. The van der Waals surface area contributed by atoms with E-state index in [0.717, 1.165) is 4.90 Å². The first-order chi connectivity index (χ1) is 5.37. The highest BCUT2D eigenvalue weighted by atomic mass is 127. The standard InChI is InChI=1S/C6H9IN2O3/c1-6(2)3(10)8-5(12)9(6)4(7)11/h4,11H,1-2H3,(H,8,10,12). The lowest BCUT2D eigenvalue weighted by molar-refractivity contribution is -0.126. The van der Waals surface area contributed by atoms with E-state index in [2.05, 4.69) is 5.32 Å². The molecule has 1 heterocycles.